The molecule has 0 bridgehead atoms. The summed E-state index contributed by atoms with van der Waals surface area (Å²) in [5.41, 5.74) is -0.450. The predicted octanol–water partition coefficient (Wildman–Crippen LogP) is 3.91. The molecule has 124 valence electrons. The minimum Gasteiger partial charge on any atom is -0.472 e. The molecule has 3 rings (SSSR count). The lowest BCUT2D eigenvalue weighted by Crippen LogP contribution is -2.08. The lowest BCUT2D eigenvalue weighted by molar-refractivity contribution is -0.141. The molecule has 0 spiro atoms. The third kappa shape index (κ3) is 3.65. The maximum Gasteiger partial charge on any atom is 0.433 e. The van der Waals surface area contributed by atoms with Gasteiger partial charge in [0.1, 0.15) is 12.3 Å². The van der Waals surface area contributed by atoms with Gasteiger partial charge >= 0.3 is 6.18 Å². The Bertz CT molecular complexity index is 833. The molecule has 0 N–H and O–H groups in total. The van der Waals surface area contributed by atoms with Gasteiger partial charge in [-0.05, 0) is 18.2 Å². The van der Waals surface area contributed by atoms with Crippen molar-refractivity contribution in [2.75, 3.05) is 0 Å². The highest BCUT2D eigenvalue weighted by molar-refractivity contribution is 6.32. The Hall–Kier alpha value is -2.61. The molecule has 5 nitrogen and oxygen atoms in total. The quantitative estimate of drug-likeness (QED) is 0.712. The molecule has 0 aliphatic carbocycles. The molecule has 0 saturated heterocycles. The van der Waals surface area contributed by atoms with Crippen molar-refractivity contribution < 1.29 is 17.9 Å². The van der Waals surface area contributed by atoms with Crippen molar-refractivity contribution in [2.24, 2.45) is 0 Å². The van der Waals surface area contributed by atoms with Crippen LogP contribution in [0.15, 0.2) is 48.9 Å². The summed E-state index contributed by atoms with van der Waals surface area (Å²) in [5, 5.41) is 4.59. The van der Waals surface area contributed by atoms with Gasteiger partial charge in [-0.25, -0.2) is 9.67 Å². The van der Waals surface area contributed by atoms with Crippen molar-refractivity contribution in [3.05, 3.63) is 65.2 Å². The first-order valence-electron chi connectivity index (χ1n) is 6.75. The van der Waals surface area contributed by atoms with Crippen LogP contribution in [-0.4, -0.2) is 19.7 Å². The number of ether oxygens (including phenoxy) is 1. The first-order chi connectivity index (χ1) is 11.4. The number of nitrogens with zero attached hydrogens (tertiary/aromatic N) is 4. The normalized spacial score (nSPS) is 11.5. The summed E-state index contributed by atoms with van der Waals surface area (Å²) >= 11 is 6.03. The minimum absolute atomic E-state index is 0.0398. The van der Waals surface area contributed by atoms with Gasteiger partial charge in [0.05, 0.1) is 5.02 Å². The van der Waals surface area contributed by atoms with E-state index in [1.165, 1.54) is 10.7 Å². The SMILES string of the molecule is FC(F)(F)c1ccc(COc2ccn(-c3ncccc3Cl)n2)cn1. The number of pyridine rings is 2. The van der Waals surface area contributed by atoms with Crippen molar-refractivity contribution in [1.82, 2.24) is 19.7 Å². The number of hydrogen-bond donors (Lipinski definition) is 0. The standard InChI is InChI=1S/C15H10ClF3N4O/c16-11-2-1-6-20-14(11)23-7-5-13(22-23)24-9-10-3-4-12(21-8-10)15(17,18)19/h1-8H,9H2. The fourth-order valence-electron chi connectivity index (χ4n) is 1.88. The molecule has 3 aromatic rings. The molecule has 0 atom stereocenters. The van der Waals surface area contributed by atoms with E-state index < -0.39 is 11.9 Å². The van der Waals surface area contributed by atoms with Crippen LogP contribution in [0.1, 0.15) is 11.3 Å². The van der Waals surface area contributed by atoms with Gasteiger partial charge in [-0.2, -0.15) is 13.2 Å². The molecule has 0 aromatic carbocycles. The van der Waals surface area contributed by atoms with Gasteiger partial charge in [-0.15, -0.1) is 5.10 Å². The zero-order chi connectivity index (χ0) is 17.2. The first-order valence-corrected chi connectivity index (χ1v) is 7.13. The van der Waals surface area contributed by atoms with Gasteiger partial charge in [0.15, 0.2) is 5.82 Å². The highest BCUT2D eigenvalue weighted by Gasteiger charge is 2.31. The second kappa shape index (κ2) is 6.48. The lowest BCUT2D eigenvalue weighted by Gasteiger charge is -2.07. The number of rotatable bonds is 4. The van der Waals surface area contributed by atoms with Crippen molar-refractivity contribution in [1.29, 1.82) is 0 Å². The van der Waals surface area contributed by atoms with Crippen molar-refractivity contribution in [3.63, 3.8) is 0 Å². The van der Waals surface area contributed by atoms with Crippen molar-refractivity contribution in [3.8, 4) is 11.7 Å². The molecule has 24 heavy (non-hydrogen) atoms. The second-order valence-corrected chi connectivity index (χ2v) is 5.15. The third-order valence-corrected chi connectivity index (χ3v) is 3.32. The lowest BCUT2D eigenvalue weighted by atomic mass is 10.2. The second-order valence-electron chi connectivity index (χ2n) is 4.75. The van der Waals surface area contributed by atoms with Gasteiger partial charge < -0.3 is 4.74 Å². The number of alkyl halides is 3. The third-order valence-electron chi connectivity index (χ3n) is 3.02. The number of halogens is 4. The monoisotopic (exact) mass is 354 g/mol. The summed E-state index contributed by atoms with van der Waals surface area (Å²) in [6.45, 7) is 0.0398. The van der Waals surface area contributed by atoms with Crippen LogP contribution < -0.4 is 4.74 Å². The molecule has 0 amide bonds. The summed E-state index contributed by atoms with van der Waals surface area (Å²) < 4.78 is 44.2. The van der Waals surface area contributed by atoms with Gasteiger partial charge in [0.25, 0.3) is 0 Å². The smallest absolute Gasteiger partial charge is 0.433 e. The zero-order valence-corrected chi connectivity index (χ0v) is 12.8. The maximum atomic E-state index is 12.4. The van der Waals surface area contributed by atoms with Crippen LogP contribution in [-0.2, 0) is 12.8 Å². The van der Waals surface area contributed by atoms with Crippen LogP contribution in [0.2, 0.25) is 5.02 Å². The van der Waals surface area contributed by atoms with Crippen LogP contribution in [0.4, 0.5) is 13.2 Å². The fourth-order valence-corrected chi connectivity index (χ4v) is 2.09. The summed E-state index contributed by atoms with van der Waals surface area (Å²) in [7, 11) is 0. The highest BCUT2D eigenvalue weighted by Crippen LogP contribution is 2.27. The summed E-state index contributed by atoms with van der Waals surface area (Å²) in [6, 6.07) is 7.19. The van der Waals surface area contributed by atoms with E-state index in [-0.39, 0.29) is 12.5 Å². The van der Waals surface area contributed by atoms with E-state index in [1.807, 2.05) is 0 Å². The Balaban J connectivity index is 1.67. The Morgan fingerprint density at radius 2 is 1.96 bits per heavy atom. The van der Waals surface area contributed by atoms with E-state index in [1.54, 1.807) is 30.6 Å². The Kier molecular flexibility index (Phi) is 4.39. The molecular formula is C15H10ClF3N4O. The number of aromatic nitrogens is 4. The van der Waals surface area contributed by atoms with Gasteiger partial charge in [-0.3, -0.25) is 4.98 Å². The Morgan fingerprint density at radius 3 is 2.62 bits per heavy atom. The summed E-state index contributed by atoms with van der Waals surface area (Å²) in [5.74, 6) is 0.738. The topological polar surface area (TPSA) is 52.8 Å². The van der Waals surface area contributed by atoms with Crippen LogP contribution in [0.5, 0.6) is 5.88 Å². The molecule has 0 fully saturated rings. The first kappa shape index (κ1) is 16.3. The molecular weight excluding hydrogens is 345 g/mol. The van der Waals surface area contributed by atoms with E-state index in [2.05, 4.69) is 15.1 Å². The van der Waals surface area contributed by atoms with Crippen molar-refractivity contribution >= 4 is 11.6 Å². The molecule has 3 aromatic heterocycles. The molecule has 9 heteroatoms. The van der Waals surface area contributed by atoms with Crippen molar-refractivity contribution in [2.45, 2.75) is 12.8 Å². The van der Waals surface area contributed by atoms with E-state index >= 15 is 0 Å². The highest BCUT2D eigenvalue weighted by atomic mass is 35.5. The summed E-state index contributed by atoms with van der Waals surface area (Å²) in [6.07, 6.45) is -0.138. The van der Waals surface area contributed by atoms with Gasteiger partial charge in [0.2, 0.25) is 5.88 Å². The largest absolute Gasteiger partial charge is 0.472 e. The van der Waals surface area contributed by atoms with Gasteiger partial charge in [0, 0.05) is 30.2 Å². The number of hydrogen-bond acceptors (Lipinski definition) is 4. The van der Waals surface area contributed by atoms with Crippen LogP contribution in [0.25, 0.3) is 5.82 Å². The predicted molar refractivity (Wildman–Crippen MR) is 79.9 cm³/mol. The molecule has 0 aliphatic rings. The van der Waals surface area contributed by atoms with Crippen LogP contribution in [0.3, 0.4) is 0 Å². The van der Waals surface area contributed by atoms with Gasteiger partial charge in [-0.1, -0.05) is 17.7 Å². The Labute approximate surface area is 139 Å². The average Bonchev–Trinajstić information content (AvgIpc) is 3.02. The van der Waals surface area contributed by atoms with Crippen LogP contribution >= 0.6 is 11.6 Å². The molecule has 3 heterocycles. The maximum absolute atomic E-state index is 12.4. The van der Waals surface area contributed by atoms with E-state index in [0.29, 0.717) is 16.4 Å². The molecule has 0 aliphatic heterocycles. The van der Waals surface area contributed by atoms with Crippen LogP contribution in [0, 0.1) is 0 Å². The van der Waals surface area contributed by atoms with E-state index in [0.717, 1.165) is 12.3 Å². The average molecular weight is 355 g/mol. The van der Waals surface area contributed by atoms with E-state index in [4.69, 9.17) is 16.3 Å². The fraction of sp³-hybridized carbons (Fsp3) is 0.133. The summed E-state index contributed by atoms with van der Waals surface area (Å²) in [4.78, 5) is 7.48. The minimum atomic E-state index is -4.46. The molecule has 0 saturated carbocycles. The molecule has 0 radical (unpaired) electrons. The zero-order valence-electron chi connectivity index (χ0n) is 12.0. The van der Waals surface area contributed by atoms with E-state index in [9.17, 15) is 13.2 Å². The Morgan fingerprint density at radius 1 is 1.12 bits per heavy atom. The molecule has 0 unspecified atom stereocenters.